The molecule has 1 fully saturated rings. The van der Waals surface area contributed by atoms with Crippen LogP contribution in [-0.4, -0.2) is 39.8 Å². The average molecular weight is 360 g/mol. The predicted octanol–water partition coefficient (Wildman–Crippen LogP) is 2.63. The first-order valence-electron chi connectivity index (χ1n) is 9.03. The number of aromatic nitrogens is 2. The van der Waals surface area contributed by atoms with Gasteiger partial charge >= 0.3 is 0 Å². The highest BCUT2D eigenvalue weighted by atomic mass is 16.2. The largest absolute Gasteiger partial charge is 0.369 e. The lowest BCUT2D eigenvalue weighted by atomic mass is 9.95. The molecule has 2 amide bonds. The lowest BCUT2D eigenvalue weighted by molar-refractivity contribution is -0.123. The molecule has 136 valence electrons. The summed E-state index contributed by atoms with van der Waals surface area (Å²) in [6, 6.07) is 15.1. The maximum Gasteiger partial charge on any atom is 0.254 e. The van der Waals surface area contributed by atoms with Gasteiger partial charge in [0, 0.05) is 30.6 Å². The van der Waals surface area contributed by atoms with Crippen molar-refractivity contribution in [2.75, 3.05) is 13.1 Å². The third-order valence-electron chi connectivity index (χ3n) is 5.06. The van der Waals surface area contributed by atoms with Crippen LogP contribution in [0.4, 0.5) is 0 Å². The summed E-state index contributed by atoms with van der Waals surface area (Å²) in [6.07, 6.45) is 2.93. The van der Waals surface area contributed by atoms with E-state index in [0.29, 0.717) is 37.2 Å². The number of para-hydroxylation sites is 1. The monoisotopic (exact) mass is 360 g/mol. The summed E-state index contributed by atoms with van der Waals surface area (Å²) in [4.78, 5) is 35.4. The van der Waals surface area contributed by atoms with Crippen molar-refractivity contribution in [3.63, 3.8) is 0 Å². The minimum absolute atomic E-state index is 0.0475. The summed E-state index contributed by atoms with van der Waals surface area (Å²) >= 11 is 0. The van der Waals surface area contributed by atoms with E-state index < -0.39 is 0 Å². The predicted molar refractivity (Wildman–Crippen MR) is 103 cm³/mol. The van der Waals surface area contributed by atoms with Crippen molar-refractivity contribution in [3.05, 3.63) is 60.3 Å². The standard InChI is InChI=1S/C21H20N4O2/c22-20(26)14-8-11-25(12-9-14)21(27)16-13-19(18-7-3-4-10-23-18)24-17-6-2-1-5-15(16)17/h1-7,10,13-14H,8-9,11-12H2,(H2,22,26). The van der Waals surface area contributed by atoms with Gasteiger partial charge in [0.2, 0.25) is 5.91 Å². The van der Waals surface area contributed by atoms with Crippen molar-refractivity contribution in [1.29, 1.82) is 0 Å². The Morgan fingerprint density at radius 3 is 2.44 bits per heavy atom. The van der Waals surface area contributed by atoms with Gasteiger partial charge in [0.15, 0.2) is 0 Å². The van der Waals surface area contributed by atoms with E-state index in [0.717, 1.165) is 16.6 Å². The fraction of sp³-hybridized carbons (Fsp3) is 0.238. The Kier molecular flexibility index (Phi) is 4.54. The molecule has 1 saturated heterocycles. The minimum atomic E-state index is -0.283. The molecule has 3 aromatic rings. The number of nitrogens with two attached hydrogens (primary N) is 1. The number of benzene rings is 1. The van der Waals surface area contributed by atoms with Crippen molar-refractivity contribution in [2.24, 2.45) is 11.7 Å². The number of nitrogens with zero attached hydrogens (tertiary/aromatic N) is 3. The fourth-order valence-electron chi connectivity index (χ4n) is 3.54. The normalized spacial score (nSPS) is 15.0. The summed E-state index contributed by atoms with van der Waals surface area (Å²) in [5, 5.41) is 0.819. The summed E-state index contributed by atoms with van der Waals surface area (Å²) < 4.78 is 0. The van der Waals surface area contributed by atoms with Gasteiger partial charge in [-0.15, -0.1) is 0 Å². The van der Waals surface area contributed by atoms with Gasteiger partial charge in [0.25, 0.3) is 5.91 Å². The van der Waals surface area contributed by atoms with Crippen LogP contribution in [0.2, 0.25) is 0 Å². The van der Waals surface area contributed by atoms with E-state index in [4.69, 9.17) is 5.73 Å². The highest BCUT2D eigenvalue weighted by molar-refractivity contribution is 6.07. The molecule has 0 unspecified atom stereocenters. The maximum absolute atomic E-state index is 13.2. The SMILES string of the molecule is NC(=O)C1CCN(C(=O)c2cc(-c3ccccn3)nc3ccccc23)CC1. The molecule has 6 heteroatoms. The molecule has 0 saturated carbocycles. The molecule has 2 N–H and O–H groups in total. The number of rotatable bonds is 3. The van der Waals surface area contributed by atoms with E-state index in [2.05, 4.69) is 9.97 Å². The quantitative estimate of drug-likeness (QED) is 0.777. The van der Waals surface area contributed by atoms with E-state index in [1.807, 2.05) is 48.5 Å². The molecule has 0 atom stereocenters. The Hall–Kier alpha value is -3.28. The summed E-state index contributed by atoms with van der Waals surface area (Å²) in [7, 11) is 0. The number of hydrogen-bond donors (Lipinski definition) is 1. The third kappa shape index (κ3) is 3.38. The highest BCUT2D eigenvalue weighted by Gasteiger charge is 2.27. The van der Waals surface area contributed by atoms with E-state index in [1.165, 1.54) is 0 Å². The van der Waals surface area contributed by atoms with Gasteiger partial charge in [-0.05, 0) is 37.1 Å². The molecular formula is C21H20N4O2. The van der Waals surface area contributed by atoms with Gasteiger partial charge in [0.1, 0.15) is 0 Å². The Bertz CT molecular complexity index is 995. The first kappa shape index (κ1) is 17.1. The fourth-order valence-corrected chi connectivity index (χ4v) is 3.54. The van der Waals surface area contributed by atoms with Gasteiger partial charge in [0.05, 0.1) is 22.5 Å². The van der Waals surface area contributed by atoms with Crippen molar-refractivity contribution in [1.82, 2.24) is 14.9 Å². The second kappa shape index (κ2) is 7.15. The number of primary amides is 1. The van der Waals surface area contributed by atoms with Gasteiger partial charge < -0.3 is 10.6 Å². The van der Waals surface area contributed by atoms with Crippen LogP contribution in [0.3, 0.4) is 0 Å². The number of carbonyl (C=O) groups is 2. The van der Waals surface area contributed by atoms with Gasteiger partial charge in [-0.3, -0.25) is 14.6 Å². The van der Waals surface area contributed by atoms with E-state index in [-0.39, 0.29) is 17.7 Å². The second-order valence-electron chi connectivity index (χ2n) is 6.76. The molecule has 1 aliphatic heterocycles. The molecule has 0 spiro atoms. The Labute approximate surface area is 157 Å². The molecule has 3 heterocycles. The number of carbonyl (C=O) groups excluding carboxylic acids is 2. The summed E-state index contributed by atoms with van der Waals surface area (Å²) in [6.45, 7) is 1.06. The zero-order valence-corrected chi connectivity index (χ0v) is 14.8. The van der Waals surface area contributed by atoms with Crippen molar-refractivity contribution in [3.8, 4) is 11.4 Å². The van der Waals surface area contributed by atoms with Crippen LogP contribution in [0.25, 0.3) is 22.3 Å². The first-order valence-corrected chi connectivity index (χ1v) is 9.03. The van der Waals surface area contributed by atoms with Crippen LogP contribution in [0.1, 0.15) is 23.2 Å². The summed E-state index contributed by atoms with van der Waals surface area (Å²) in [5.41, 5.74) is 8.17. The van der Waals surface area contributed by atoms with Crippen LogP contribution in [0, 0.1) is 5.92 Å². The summed E-state index contributed by atoms with van der Waals surface area (Å²) in [5.74, 6) is -0.477. The van der Waals surface area contributed by atoms with Crippen LogP contribution in [0.5, 0.6) is 0 Å². The van der Waals surface area contributed by atoms with Crippen LogP contribution < -0.4 is 5.73 Å². The van der Waals surface area contributed by atoms with Crippen LogP contribution in [-0.2, 0) is 4.79 Å². The molecule has 0 bridgehead atoms. The zero-order valence-electron chi connectivity index (χ0n) is 14.8. The Morgan fingerprint density at radius 1 is 1.00 bits per heavy atom. The number of pyridine rings is 2. The second-order valence-corrected chi connectivity index (χ2v) is 6.76. The Balaban J connectivity index is 1.72. The number of hydrogen-bond acceptors (Lipinski definition) is 4. The zero-order chi connectivity index (χ0) is 18.8. The molecule has 1 aliphatic rings. The molecular weight excluding hydrogens is 340 g/mol. The average Bonchev–Trinajstić information content (AvgIpc) is 2.73. The van der Waals surface area contributed by atoms with Gasteiger partial charge in [-0.2, -0.15) is 0 Å². The van der Waals surface area contributed by atoms with E-state index >= 15 is 0 Å². The number of amides is 2. The number of likely N-dealkylation sites (tertiary alicyclic amines) is 1. The molecule has 6 nitrogen and oxygen atoms in total. The van der Waals surface area contributed by atoms with Crippen LogP contribution in [0.15, 0.2) is 54.7 Å². The Morgan fingerprint density at radius 2 is 1.74 bits per heavy atom. The van der Waals surface area contributed by atoms with Crippen molar-refractivity contribution < 1.29 is 9.59 Å². The van der Waals surface area contributed by atoms with Crippen molar-refractivity contribution >= 4 is 22.7 Å². The highest BCUT2D eigenvalue weighted by Crippen LogP contribution is 2.26. The topological polar surface area (TPSA) is 89.2 Å². The number of piperidine rings is 1. The third-order valence-corrected chi connectivity index (χ3v) is 5.06. The molecule has 2 aromatic heterocycles. The van der Waals surface area contributed by atoms with Gasteiger partial charge in [-0.25, -0.2) is 4.98 Å². The molecule has 4 rings (SSSR count). The van der Waals surface area contributed by atoms with Gasteiger partial charge in [-0.1, -0.05) is 24.3 Å². The molecule has 0 radical (unpaired) electrons. The molecule has 1 aromatic carbocycles. The number of fused-ring (bicyclic) bond motifs is 1. The lowest BCUT2D eigenvalue weighted by Crippen LogP contribution is -2.41. The van der Waals surface area contributed by atoms with E-state index in [9.17, 15) is 9.59 Å². The van der Waals surface area contributed by atoms with Crippen LogP contribution >= 0.6 is 0 Å². The molecule has 0 aliphatic carbocycles. The van der Waals surface area contributed by atoms with Crippen molar-refractivity contribution in [2.45, 2.75) is 12.8 Å². The smallest absolute Gasteiger partial charge is 0.254 e. The van der Waals surface area contributed by atoms with E-state index in [1.54, 1.807) is 11.1 Å². The minimum Gasteiger partial charge on any atom is -0.369 e. The molecule has 27 heavy (non-hydrogen) atoms. The first-order chi connectivity index (χ1) is 13.1. The maximum atomic E-state index is 13.2. The lowest BCUT2D eigenvalue weighted by Gasteiger charge is -2.31.